The summed E-state index contributed by atoms with van der Waals surface area (Å²) >= 11 is 1.24. The number of aryl methyl sites for hydroxylation is 1. The number of hydrogen-bond acceptors (Lipinski definition) is 4. The van der Waals surface area contributed by atoms with E-state index in [1.165, 1.54) is 16.9 Å². The zero-order chi connectivity index (χ0) is 17.3. The highest BCUT2D eigenvalue weighted by Crippen LogP contribution is 2.26. The molecule has 2 heterocycles. The van der Waals surface area contributed by atoms with Gasteiger partial charge in [-0.1, -0.05) is 41.7 Å². The molecule has 0 saturated carbocycles. The van der Waals surface area contributed by atoms with Crippen molar-refractivity contribution in [2.75, 3.05) is 13.1 Å². The SMILES string of the molecule is Cc1sc(=O)n(CCC(=O)N2C[C@@H](N)[C@H](c3ccccc3)C2)c1C.Cl. The Bertz CT molecular complexity index is 787. The van der Waals surface area contributed by atoms with Gasteiger partial charge in [0.05, 0.1) is 0 Å². The van der Waals surface area contributed by atoms with Crippen molar-refractivity contribution in [1.29, 1.82) is 0 Å². The number of hydrogen-bond donors (Lipinski definition) is 1. The number of amides is 1. The number of likely N-dealkylation sites (tertiary alicyclic amines) is 1. The number of benzene rings is 1. The largest absolute Gasteiger partial charge is 0.340 e. The van der Waals surface area contributed by atoms with Gasteiger partial charge in [-0.3, -0.25) is 9.59 Å². The van der Waals surface area contributed by atoms with Gasteiger partial charge in [-0.2, -0.15) is 0 Å². The van der Waals surface area contributed by atoms with Crippen molar-refractivity contribution in [1.82, 2.24) is 9.47 Å². The normalized spacial score (nSPS) is 19.7. The van der Waals surface area contributed by atoms with Crippen LogP contribution >= 0.6 is 23.7 Å². The smallest absolute Gasteiger partial charge is 0.307 e. The van der Waals surface area contributed by atoms with E-state index in [1.807, 2.05) is 36.9 Å². The Labute approximate surface area is 157 Å². The van der Waals surface area contributed by atoms with Crippen molar-refractivity contribution in [2.45, 2.75) is 38.8 Å². The maximum atomic E-state index is 12.5. The van der Waals surface area contributed by atoms with Gasteiger partial charge < -0.3 is 15.2 Å². The van der Waals surface area contributed by atoms with Crippen LogP contribution in [0.3, 0.4) is 0 Å². The third-order valence-corrected chi connectivity index (χ3v) is 5.87. The first kappa shape index (κ1) is 19.7. The average molecular weight is 382 g/mol. The number of rotatable bonds is 4. The van der Waals surface area contributed by atoms with E-state index in [0.29, 0.717) is 26.1 Å². The van der Waals surface area contributed by atoms with Gasteiger partial charge in [0.1, 0.15) is 0 Å². The molecule has 1 aromatic carbocycles. The summed E-state index contributed by atoms with van der Waals surface area (Å²) in [5, 5.41) is 0. The van der Waals surface area contributed by atoms with Gasteiger partial charge in [0.2, 0.25) is 5.91 Å². The first-order valence-electron chi connectivity index (χ1n) is 8.22. The minimum Gasteiger partial charge on any atom is -0.340 e. The summed E-state index contributed by atoms with van der Waals surface area (Å²) in [6.45, 7) is 5.53. The first-order chi connectivity index (χ1) is 11.5. The van der Waals surface area contributed by atoms with E-state index in [-0.39, 0.29) is 35.1 Å². The molecule has 5 nitrogen and oxygen atoms in total. The number of thiazole rings is 1. The summed E-state index contributed by atoms with van der Waals surface area (Å²) in [4.78, 5) is 27.3. The Morgan fingerprint density at radius 1 is 1.24 bits per heavy atom. The number of aromatic nitrogens is 1. The Hall–Kier alpha value is -1.63. The minimum atomic E-state index is -0.0378. The molecule has 1 saturated heterocycles. The van der Waals surface area contributed by atoms with Gasteiger partial charge in [0.15, 0.2) is 0 Å². The van der Waals surface area contributed by atoms with Crippen LogP contribution < -0.4 is 10.6 Å². The van der Waals surface area contributed by atoms with E-state index in [9.17, 15) is 9.59 Å². The molecule has 0 unspecified atom stereocenters. The third kappa shape index (κ3) is 4.14. The van der Waals surface area contributed by atoms with Crippen LogP contribution in [0, 0.1) is 13.8 Å². The maximum Gasteiger partial charge on any atom is 0.307 e. The summed E-state index contributed by atoms with van der Waals surface area (Å²) in [5.74, 6) is 0.252. The van der Waals surface area contributed by atoms with Gasteiger partial charge >= 0.3 is 4.87 Å². The van der Waals surface area contributed by atoms with E-state index in [1.54, 1.807) is 4.57 Å². The summed E-state index contributed by atoms with van der Waals surface area (Å²) in [7, 11) is 0. The molecular formula is C18H24ClN3O2S. The van der Waals surface area contributed by atoms with Crippen LogP contribution in [-0.4, -0.2) is 34.5 Å². The second-order valence-electron chi connectivity index (χ2n) is 6.39. The lowest BCUT2D eigenvalue weighted by molar-refractivity contribution is -0.130. The van der Waals surface area contributed by atoms with E-state index >= 15 is 0 Å². The standard InChI is InChI=1S/C18H23N3O2S.ClH/c1-12-13(2)24-18(23)21(12)9-8-17(22)20-10-15(16(19)11-20)14-6-4-3-5-7-14;/h3-7,15-16H,8-11,19H2,1-2H3;1H/t15-,16+;/m0./s1. The summed E-state index contributed by atoms with van der Waals surface area (Å²) < 4.78 is 1.70. The third-order valence-electron chi connectivity index (χ3n) is 4.87. The number of nitrogens with zero attached hydrogens (tertiary/aromatic N) is 2. The molecular weight excluding hydrogens is 358 g/mol. The predicted octanol–water partition coefficient (Wildman–Crippen LogP) is 2.29. The summed E-state index contributed by atoms with van der Waals surface area (Å²) in [6.07, 6.45) is 0.338. The van der Waals surface area contributed by atoms with Crippen LogP contribution in [0.25, 0.3) is 0 Å². The van der Waals surface area contributed by atoms with E-state index in [0.717, 1.165) is 10.6 Å². The molecule has 0 spiro atoms. The molecule has 0 radical (unpaired) electrons. The highest BCUT2D eigenvalue weighted by atomic mass is 35.5. The van der Waals surface area contributed by atoms with Crippen molar-refractivity contribution in [3.8, 4) is 0 Å². The average Bonchev–Trinajstić information content (AvgIpc) is 3.07. The molecule has 1 aliphatic rings. The van der Waals surface area contributed by atoms with E-state index < -0.39 is 0 Å². The number of nitrogens with two attached hydrogens (primary N) is 1. The first-order valence-corrected chi connectivity index (χ1v) is 9.04. The van der Waals surface area contributed by atoms with E-state index in [4.69, 9.17) is 5.73 Å². The Morgan fingerprint density at radius 3 is 2.52 bits per heavy atom. The van der Waals surface area contributed by atoms with Crippen LogP contribution in [0.1, 0.15) is 28.5 Å². The zero-order valence-electron chi connectivity index (χ0n) is 14.5. The van der Waals surface area contributed by atoms with Crippen molar-refractivity contribution < 1.29 is 4.79 Å². The van der Waals surface area contributed by atoms with Crippen LogP contribution in [0.15, 0.2) is 35.1 Å². The molecule has 25 heavy (non-hydrogen) atoms. The Balaban J connectivity index is 0.00000225. The van der Waals surface area contributed by atoms with Crippen molar-refractivity contribution in [3.05, 3.63) is 56.1 Å². The van der Waals surface area contributed by atoms with Crippen molar-refractivity contribution >= 4 is 29.7 Å². The molecule has 1 fully saturated rings. The van der Waals surface area contributed by atoms with Crippen LogP contribution in [0.5, 0.6) is 0 Å². The quantitative estimate of drug-likeness (QED) is 0.883. The van der Waals surface area contributed by atoms with Crippen LogP contribution in [0.2, 0.25) is 0 Å². The lowest BCUT2D eigenvalue weighted by Gasteiger charge is -2.17. The molecule has 2 N–H and O–H groups in total. The van der Waals surface area contributed by atoms with E-state index in [2.05, 4.69) is 12.1 Å². The number of halogens is 1. The monoisotopic (exact) mass is 381 g/mol. The van der Waals surface area contributed by atoms with Crippen molar-refractivity contribution in [2.24, 2.45) is 5.73 Å². The molecule has 0 aliphatic carbocycles. The Kier molecular flexibility index (Phi) is 6.43. The molecule has 136 valence electrons. The fraction of sp³-hybridized carbons (Fsp3) is 0.444. The molecule has 2 aromatic rings. The topological polar surface area (TPSA) is 68.3 Å². The fourth-order valence-corrected chi connectivity index (χ4v) is 4.16. The summed E-state index contributed by atoms with van der Waals surface area (Å²) in [6, 6.07) is 10.1. The minimum absolute atomic E-state index is 0. The molecule has 3 rings (SSSR count). The molecule has 7 heteroatoms. The highest BCUT2D eigenvalue weighted by Gasteiger charge is 2.33. The van der Waals surface area contributed by atoms with Gasteiger partial charge in [0, 0.05) is 48.6 Å². The Morgan fingerprint density at radius 2 is 1.92 bits per heavy atom. The second kappa shape index (κ2) is 8.17. The zero-order valence-corrected chi connectivity index (χ0v) is 16.1. The molecule has 1 aliphatic heterocycles. The predicted molar refractivity (Wildman–Crippen MR) is 104 cm³/mol. The van der Waals surface area contributed by atoms with Gasteiger partial charge in [-0.05, 0) is 19.4 Å². The molecule has 2 atom stereocenters. The molecule has 1 aromatic heterocycles. The van der Waals surface area contributed by atoms with Crippen molar-refractivity contribution in [3.63, 3.8) is 0 Å². The lowest BCUT2D eigenvalue weighted by atomic mass is 9.95. The lowest BCUT2D eigenvalue weighted by Crippen LogP contribution is -2.33. The van der Waals surface area contributed by atoms with Crippen LogP contribution in [0.4, 0.5) is 0 Å². The number of carbonyl (C=O) groups excluding carboxylic acids is 1. The van der Waals surface area contributed by atoms with Gasteiger partial charge in [-0.25, -0.2) is 0 Å². The second-order valence-corrected chi connectivity index (χ2v) is 7.56. The van der Waals surface area contributed by atoms with Crippen LogP contribution in [-0.2, 0) is 11.3 Å². The molecule has 0 bridgehead atoms. The van der Waals surface area contributed by atoms with Gasteiger partial charge in [-0.15, -0.1) is 12.4 Å². The maximum absolute atomic E-state index is 12.5. The number of carbonyl (C=O) groups is 1. The fourth-order valence-electron chi connectivity index (χ4n) is 3.30. The summed E-state index contributed by atoms with van der Waals surface area (Å²) in [5.41, 5.74) is 8.39. The highest BCUT2D eigenvalue weighted by molar-refractivity contribution is 7.09. The van der Waals surface area contributed by atoms with Gasteiger partial charge in [0.25, 0.3) is 0 Å². The molecule has 1 amide bonds.